The standard InChI is InChI=1S/C29H39/c1-3-5-7-9-11-13-17-24-21-25(18-14-12-10-8-6-4-2)28-23-26-19-15-16-20-27(26)29(28)22-24/h16,19-20,22-23H,3-14,17-18H2,1-2H3. The van der Waals surface area contributed by atoms with Gasteiger partial charge in [0, 0.05) is 6.42 Å². The molecule has 0 saturated heterocycles. The summed E-state index contributed by atoms with van der Waals surface area (Å²) in [7, 11) is 0. The van der Waals surface area contributed by atoms with Gasteiger partial charge in [0.05, 0.1) is 0 Å². The molecule has 0 nitrogen and oxygen atoms in total. The van der Waals surface area contributed by atoms with Crippen LogP contribution in [0.1, 0.15) is 113 Å². The van der Waals surface area contributed by atoms with E-state index in [4.69, 9.17) is 0 Å². The summed E-state index contributed by atoms with van der Waals surface area (Å²) in [4.78, 5) is 0. The maximum absolute atomic E-state index is 3.84. The van der Waals surface area contributed by atoms with Crippen molar-refractivity contribution in [3.63, 3.8) is 0 Å². The van der Waals surface area contributed by atoms with Gasteiger partial charge in [0.25, 0.3) is 0 Å². The first-order chi connectivity index (χ1) is 14.3. The van der Waals surface area contributed by atoms with Gasteiger partial charge in [-0.1, -0.05) is 96.3 Å². The van der Waals surface area contributed by atoms with Crippen molar-refractivity contribution in [2.75, 3.05) is 0 Å². The van der Waals surface area contributed by atoms with Crippen molar-refractivity contribution < 1.29 is 0 Å². The largest absolute Gasteiger partial charge is 0.0654 e. The Morgan fingerprint density at radius 3 is 2.10 bits per heavy atom. The van der Waals surface area contributed by atoms with E-state index in [1.807, 2.05) is 0 Å². The smallest absolute Gasteiger partial charge is 0.0215 e. The molecule has 0 spiro atoms. The Hall–Kier alpha value is -1.56. The topological polar surface area (TPSA) is 0 Å². The average molecular weight is 388 g/mol. The monoisotopic (exact) mass is 387 g/mol. The van der Waals surface area contributed by atoms with E-state index in [0.29, 0.717) is 0 Å². The molecule has 0 aromatic heterocycles. The van der Waals surface area contributed by atoms with E-state index in [-0.39, 0.29) is 0 Å². The maximum atomic E-state index is 3.84. The zero-order valence-electron chi connectivity index (χ0n) is 18.8. The molecule has 29 heavy (non-hydrogen) atoms. The van der Waals surface area contributed by atoms with Crippen molar-refractivity contribution in [2.24, 2.45) is 0 Å². The first-order valence-electron chi connectivity index (χ1n) is 12.3. The summed E-state index contributed by atoms with van der Waals surface area (Å²) in [5.41, 5.74) is 8.47. The van der Waals surface area contributed by atoms with E-state index >= 15 is 0 Å². The summed E-state index contributed by atoms with van der Waals surface area (Å²) in [6, 6.07) is 15.9. The first-order valence-corrected chi connectivity index (χ1v) is 12.3. The number of fused-ring (bicyclic) bond motifs is 3. The second kappa shape index (κ2) is 12.2. The molecule has 2 aromatic carbocycles. The molecule has 1 aliphatic rings. The average Bonchev–Trinajstić information content (AvgIpc) is 3.12. The number of hydrogen-bond donors (Lipinski definition) is 0. The van der Waals surface area contributed by atoms with Gasteiger partial charge in [-0.15, -0.1) is 0 Å². The predicted octanol–water partition coefficient (Wildman–Crippen LogP) is 8.67. The molecule has 0 bridgehead atoms. The molecule has 0 heterocycles. The van der Waals surface area contributed by atoms with E-state index in [1.54, 1.807) is 0 Å². The number of aryl methyl sites for hydroxylation is 2. The van der Waals surface area contributed by atoms with Crippen LogP contribution in [0.4, 0.5) is 0 Å². The lowest BCUT2D eigenvalue weighted by Crippen LogP contribution is -1.97. The third-order valence-electron chi connectivity index (χ3n) is 6.31. The maximum Gasteiger partial charge on any atom is 0.0215 e. The minimum atomic E-state index is 1.17. The van der Waals surface area contributed by atoms with Crippen LogP contribution in [0.25, 0.3) is 11.1 Å². The van der Waals surface area contributed by atoms with Crippen LogP contribution in [0.5, 0.6) is 0 Å². The van der Waals surface area contributed by atoms with Crippen LogP contribution in [0.15, 0.2) is 24.3 Å². The van der Waals surface area contributed by atoms with E-state index < -0.39 is 0 Å². The Balaban J connectivity index is 1.64. The van der Waals surface area contributed by atoms with E-state index in [1.165, 1.54) is 123 Å². The highest BCUT2D eigenvalue weighted by molar-refractivity contribution is 5.82. The fourth-order valence-corrected chi connectivity index (χ4v) is 4.57. The summed E-state index contributed by atoms with van der Waals surface area (Å²) in [6.45, 7) is 4.58. The summed E-state index contributed by atoms with van der Waals surface area (Å²) in [5, 5.41) is 0. The molecule has 1 aliphatic carbocycles. The third kappa shape index (κ3) is 6.46. The predicted molar refractivity (Wildman–Crippen MR) is 126 cm³/mol. The minimum Gasteiger partial charge on any atom is -0.0654 e. The van der Waals surface area contributed by atoms with Crippen LogP contribution >= 0.6 is 0 Å². The van der Waals surface area contributed by atoms with Gasteiger partial charge in [-0.25, -0.2) is 0 Å². The van der Waals surface area contributed by atoms with Crippen LogP contribution in [0.2, 0.25) is 0 Å². The van der Waals surface area contributed by atoms with Crippen LogP contribution in [-0.2, 0) is 12.8 Å². The second-order valence-electron chi connectivity index (χ2n) is 8.79. The number of hydrogen-bond acceptors (Lipinski definition) is 0. The molecule has 0 atom stereocenters. The number of benzene rings is 2. The molecule has 3 radical (unpaired) electrons. The fourth-order valence-electron chi connectivity index (χ4n) is 4.57. The van der Waals surface area contributed by atoms with Gasteiger partial charge in [0.15, 0.2) is 0 Å². The molecule has 0 fully saturated rings. The molecule has 0 N–H and O–H groups in total. The van der Waals surface area contributed by atoms with E-state index in [9.17, 15) is 0 Å². The lowest BCUT2D eigenvalue weighted by molar-refractivity contribution is 0.604. The highest BCUT2D eigenvalue weighted by Gasteiger charge is 2.22. The quantitative estimate of drug-likeness (QED) is 0.243. The Morgan fingerprint density at radius 2 is 1.38 bits per heavy atom. The molecule has 155 valence electrons. The van der Waals surface area contributed by atoms with Crippen LogP contribution < -0.4 is 0 Å². The van der Waals surface area contributed by atoms with Gasteiger partial charge in [0.2, 0.25) is 0 Å². The molecule has 2 aromatic rings. The van der Waals surface area contributed by atoms with Crippen LogP contribution in [0.3, 0.4) is 0 Å². The Morgan fingerprint density at radius 1 is 0.724 bits per heavy atom. The highest BCUT2D eigenvalue weighted by Crippen LogP contribution is 2.40. The van der Waals surface area contributed by atoms with Crippen LogP contribution in [0, 0.1) is 18.6 Å². The molecule has 0 saturated carbocycles. The van der Waals surface area contributed by atoms with E-state index in [0.717, 1.165) is 0 Å². The summed E-state index contributed by atoms with van der Waals surface area (Å²) >= 11 is 0. The molecule has 3 rings (SSSR count). The van der Waals surface area contributed by atoms with Gasteiger partial charge in [-0.3, -0.25) is 0 Å². The van der Waals surface area contributed by atoms with Crippen molar-refractivity contribution in [3.05, 3.63) is 65.1 Å². The molecule has 0 unspecified atom stereocenters. The summed E-state index contributed by atoms with van der Waals surface area (Å²) < 4.78 is 0. The van der Waals surface area contributed by atoms with Crippen LogP contribution in [-0.4, -0.2) is 0 Å². The van der Waals surface area contributed by atoms with Crippen molar-refractivity contribution in [1.82, 2.24) is 0 Å². The van der Waals surface area contributed by atoms with Crippen molar-refractivity contribution in [3.8, 4) is 11.1 Å². The van der Waals surface area contributed by atoms with Gasteiger partial charge >= 0.3 is 0 Å². The number of unbranched alkanes of at least 4 members (excludes halogenated alkanes) is 10. The SMILES string of the molecule is CCCCCCCCc1[c]c(CCCCCCCC)c2c(c1)-c1cc[c]cc1[CH]2. The van der Waals surface area contributed by atoms with E-state index in [2.05, 4.69) is 56.7 Å². The van der Waals surface area contributed by atoms with Crippen molar-refractivity contribution in [1.29, 1.82) is 0 Å². The van der Waals surface area contributed by atoms with Gasteiger partial charge in [-0.05, 0) is 77.3 Å². The summed E-state index contributed by atoms with van der Waals surface area (Å²) in [6.07, 6.45) is 21.0. The van der Waals surface area contributed by atoms with Gasteiger partial charge < -0.3 is 0 Å². The Bertz CT molecular complexity index is 740. The minimum absolute atomic E-state index is 1.17. The molecule has 0 amide bonds. The van der Waals surface area contributed by atoms with Gasteiger partial charge in [0.1, 0.15) is 0 Å². The first kappa shape index (κ1) is 22.1. The highest BCUT2D eigenvalue weighted by atomic mass is 14.3. The molecular formula is C29H39. The number of rotatable bonds is 14. The molecule has 0 aliphatic heterocycles. The Labute approximate surface area is 180 Å². The lowest BCUT2D eigenvalue weighted by atomic mass is 9.92. The third-order valence-corrected chi connectivity index (χ3v) is 6.31. The summed E-state index contributed by atoms with van der Waals surface area (Å²) in [5.74, 6) is 0. The zero-order chi connectivity index (χ0) is 20.3. The normalized spacial score (nSPS) is 12.2. The Kier molecular flexibility index (Phi) is 9.32. The lowest BCUT2D eigenvalue weighted by Gasteiger charge is -2.12. The van der Waals surface area contributed by atoms with Crippen molar-refractivity contribution in [2.45, 2.75) is 104 Å². The molecule has 0 heteroatoms. The molecular weight excluding hydrogens is 348 g/mol. The van der Waals surface area contributed by atoms with Gasteiger partial charge in [-0.2, -0.15) is 0 Å². The fraction of sp³-hybridized carbons (Fsp3) is 0.552. The zero-order valence-corrected chi connectivity index (χ0v) is 18.8. The second-order valence-corrected chi connectivity index (χ2v) is 8.79. The van der Waals surface area contributed by atoms with Crippen molar-refractivity contribution >= 4 is 0 Å².